The molecule has 9 heteroatoms. The Hall–Kier alpha value is -0.670. The van der Waals surface area contributed by atoms with Crippen molar-refractivity contribution in [2.24, 2.45) is 10.9 Å². The van der Waals surface area contributed by atoms with Gasteiger partial charge in [0.1, 0.15) is 0 Å². The van der Waals surface area contributed by atoms with Gasteiger partial charge in [0.2, 0.25) is 10.0 Å². The van der Waals surface area contributed by atoms with Crippen molar-refractivity contribution in [1.29, 1.82) is 0 Å². The maximum atomic E-state index is 12.4. The fourth-order valence-corrected chi connectivity index (χ4v) is 4.15. The van der Waals surface area contributed by atoms with Gasteiger partial charge in [0, 0.05) is 22.1 Å². The predicted octanol–water partition coefficient (Wildman–Crippen LogP) is 1.83. The molecule has 0 aromatic heterocycles. The van der Waals surface area contributed by atoms with Crippen molar-refractivity contribution in [2.45, 2.75) is 49.6 Å². The summed E-state index contributed by atoms with van der Waals surface area (Å²) in [4.78, 5) is 12.4. The first-order valence-corrected chi connectivity index (χ1v) is 9.42. The summed E-state index contributed by atoms with van der Waals surface area (Å²) in [6.45, 7) is 1.58. The van der Waals surface area contributed by atoms with E-state index in [1.54, 1.807) is 13.0 Å². The molecule has 6 nitrogen and oxygen atoms in total. The van der Waals surface area contributed by atoms with Gasteiger partial charge in [-0.2, -0.15) is 0 Å². The molecule has 1 aromatic rings. The van der Waals surface area contributed by atoms with Gasteiger partial charge in [0.15, 0.2) is 0 Å². The third-order valence-corrected chi connectivity index (χ3v) is 5.48. The van der Waals surface area contributed by atoms with Gasteiger partial charge in [-0.15, -0.1) is 12.4 Å². The number of carbonyl (C=O) groups is 1. The Morgan fingerprint density at radius 1 is 1.26 bits per heavy atom. The summed E-state index contributed by atoms with van der Waals surface area (Å²) < 4.78 is 23.7. The van der Waals surface area contributed by atoms with Gasteiger partial charge in [-0.3, -0.25) is 4.79 Å². The lowest BCUT2D eigenvalue weighted by Crippen LogP contribution is -2.40. The number of hydrogen-bond donors (Lipinski definition) is 3. The molecule has 1 amide bonds. The summed E-state index contributed by atoms with van der Waals surface area (Å²) in [5.74, 6) is -0.288. The predicted molar refractivity (Wildman–Crippen MR) is 95.2 cm³/mol. The minimum absolute atomic E-state index is 0. The Balaban J connectivity index is 0.00000264. The molecule has 1 aliphatic rings. The maximum Gasteiger partial charge on any atom is 0.251 e. The maximum absolute atomic E-state index is 12.4. The van der Waals surface area contributed by atoms with E-state index in [4.69, 9.17) is 10.9 Å². The monoisotopic (exact) mass is 425 g/mol. The number of primary sulfonamides is 1. The van der Waals surface area contributed by atoms with Gasteiger partial charge in [-0.05, 0) is 50.3 Å². The Labute approximate surface area is 151 Å². The van der Waals surface area contributed by atoms with Crippen molar-refractivity contribution < 1.29 is 13.2 Å². The van der Waals surface area contributed by atoms with E-state index in [-0.39, 0.29) is 35.3 Å². The highest BCUT2D eigenvalue weighted by Gasteiger charge is 2.23. The largest absolute Gasteiger partial charge is 0.349 e. The third kappa shape index (κ3) is 5.15. The highest BCUT2D eigenvalue weighted by atomic mass is 79.9. The van der Waals surface area contributed by atoms with Crippen LogP contribution in [0.2, 0.25) is 0 Å². The molecule has 2 rings (SSSR count). The number of rotatable bonds is 3. The molecule has 0 heterocycles. The third-order valence-electron chi connectivity index (χ3n) is 3.98. The van der Waals surface area contributed by atoms with Crippen LogP contribution < -0.4 is 16.2 Å². The van der Waals surface area contributed by atoms with Gasteiger partial charge in [0.05, 0.1) is 4.90 Å². The average Bonchev–Trinajstić information content (AvgIpc) is 2.42. The van der Waals surface area contributed by atoms with Crippen LogP contribution in [0.5, 0.6) is 0 Å². The molecule has 1 aromatic carbocycles. The fourth-order valence-electron chi connectivity index (χ4n) is 2.71. The van der Waals surface area contributed by atoms with E-state index in [0.29, 0.717) is 15.6 Å². The number of amides is 1. The molecule has 1 fully saturated rings. The zero-order valence-corrected chi connectivity index (χ0v) is 15.9. The first-order valence-electron chi connectivity index (χ1n) is 7.08. The Bertz CT molecular complexity index is 689. The van der Waals surface area contributed by atoms with Gasteiger partial charge >= 0.3 is 0 Å². The zero-order valence-electron chi connectivity index (χ0n) is 12.7. The Morgan fingerprint density at radius 3 is 2.35 bits per heavy atom. The van der Waals surface area contributed by atoms with Crippen molar-refractivity contribution in [3.8, 4) is 0 Å². The second kappa shape index (κ2) is 7.94. The summed E-state index contributed by atoms with van der Waals surface area (Å²) >= 11 is 3.22. The van der Waals surface area contributed by atoms with E-state index >= 15 is 0 Å². The van der Waals surface area contributed by atoms with Crippen LogP contribution in [0.1, 0.15) is 41.6 Å². The van der Waals surface area contributed by atoms with Crippen molar-refractivity contribution >= 4 is 44.3 Å². The van der Waals surface area contributed by atoms with E-state index in [9.17, 15) is 13.2 Å². The van der Waals surface area contributed by atoms with E-state index in [1.165, 1.54) is 6.07 Å². The van der Waals surface area contributed by atoms with Gasteiger partial charge in [0.25, 0.3) is 5.91 Å². The van der Waals surface area contributed by atoms with Crippen molar-refractivity contribution in [3.63, 3.8) is 0 Å². The smallest absolute Gasteiger partial charge is 0.251 e. The SMILES string of the molecule is Cc1c(C(=O)NC2CCC(N)CC2)cc(Br)cc1S(N)(=O)=O.Cl. The lowest BCUT2D eigenvalue weighted by Gasteiger charge is -2.27. The van der Waals surface area contributed by atoms with Gasteiger partial charge in [-0.25, -0.2) is 13.6 Å². The molecule has 0 spiro atoms. The summed E-state index contributed by atoms with van der Waals surface area (Å²) in [7, 11) is -3.88. The quantitative estimate of drug-likeness (QED) is 0.683. The summed E-state index contributed by atoms with van der Waals surface area (Å²) in [5, 5.41) is 8.15. The van der Waals surface area contributed by atoms with E-state index in [0.717, 1.165) is 25.7 Å². The number of carbonyl (C=O) groups excluding carboxylic acids is 1. The first-order chi connectivity index (χ1) is 10.2. The summed E-state index contributed by atoms with van der Waals surface area (Å²) in [5.41, 5.74) is 6.52. The van der Waals surface area contributed by atoms with Crippen LogP contribution in [0.4, 0.5) is 0 Å². The number of halogens is 2. The topological polar surface area (TPSA) is 115 Å². The minimum atomic E-state index is -3.88. The molecule has 0 unspecified atom stereocenters. The molecular weight excluding hydrogens is 406 g/mol. The molecule has 130 valence electrons. The molecule has 23 heavy (non-hydrogen) atoms. The van der Waals surface area contributed by atoms with E-state index in [2.05, 4.69) is 21.2 Å². The molecule has 5 N–H and O–H groups in total. The highest BCUT2D eigenvalue weighted by molar-refractivity contribution is 9.10. The van der Waals surface area contributed by atoms with Crippen LogP contribution >= 0.6 is 28.3 Å². The molecule has 1 aliphatic carbocycles. The number of nitrogens with two attached hydrogens (primary N) is 2. The van der Waals surface area contributed by atoms with Crippen LogP contribution in [0.25, 0.3) is 0 Å². The van der Waals surface area contributed by atoms with Crippen molar-refractivity contribution in [3.05, 3.63) is 27.7 Å². The second-order valence-electron chi connectivity index (χ2n) is 5.71. The summed E-state index contributed by atoms with van der Waals surface area (Å²) in [6.07, 6.45) is 3.43. The molecular formula is C14H21BrClN3O3S. The van der Waals surface area contributed by atoms with E-state index in [1.807, 2.05) is 0 Å². The average molecular weight is 427 g/mol. The Kier molecular flexibility index (Phi) is 7.03. The number of benzene rings is 1. The molecule has 0 aliphatic heterocycles. The van der Waals surface area contributed by atoms with E-state index < -0.39 is 10.0 Å². The second-order valence-corrected chi connectivity index (χ2v) is 8.15. The van der Waals surface area contributed by atoms with Crippen LogP contribution in [-0.4, -0.2) is 26.4 Å². The van der Waals surface area contributed by atoms with Crippen LogP contribution in [0, 0.1) is 6.92 Å². The van der Waals surface area contributed by atoms with Crippen LogP contribution in [0.15, 0.2) is 21.5 Å². The summed E-state index contributed by atoms with van der Waals surface area (Å²) in [6, 6.07) is 3.29. The fraction of sp³-hybridized carbons (Fsp3) is 0.500. The molecule has 0 atom stereocenters. The van der Waals surface area contributed by atoms with Crippen molar-refractivity contribution in [1.82, 2.24) is 5.32 Å². The normalized spacial score (nSPS) is 21.4. The van der Waals surface area contributed by atoms with Crippen LogP contribution in [-0.2, 0) is 10.0 Å². The lowest BCUT2D eigenvalue weighted by atomic mass is 9.91. The molecule has 0 radical (unpaired) electrons. The minimum Gasteiger partial charge on any atom is -0.349 e. The lowest BCUT2D eigenvalue weighted by molar-refractivity contribution is 0.0925. The Morgan fingerprint density at radius 2 is 1.83 bits per heavy atom. The first kappa shape index (κ1) is 20.4. The van der Waals surface area contributed by atoms with Gasteiger partial charge in [-0.1, -0.05) is 15.9 Å². The standard InChI is InChI=1S/C14H20BrN3O3S.ClH/c1-8-12(6-9(15)7-13(8)22(17,20)21)14(19)18-11-4-2-10(16)3-5-11;/h6-7,10-11H,2-5,16H2,1H3,(H,18,19)(H2,17,20,21);1H. The molecule has 1 saturated carbocycles. The van der Waals surface area contributed by atoms with Gasteiger partial charge < -0.3 is 11.1 Å². The van der Waals surface area contributed by atoms with Crippen LogP contribution in [0.3, 0.4) is 0 Å². The molecule has 0 saturated heterocycles. The zero-order chi connectivity index (χ0) is 16.5. The number of hydrogen-bond acceptors (Lipinski definition) is 4. The molecule has 0 bridgehead atoms. The number of nitrogens with one attached hydrogen (secondary N) is 1. The highest BCUT2D eigenvalue weighted by Crippen LogP contribution is 2.25. The van der Waals surface area contributed by atoms with Crippen molar-refractivity contribution in [2.75, 3.05) is 0 Å². The number of sulfonamides is 1.